The highest BCUT2D eigenvalue weighted by molar-refractivity contribution is 9.10. The molecule has 1 saturated carbocycles. The lowest BCUT2D eigenvalue weighted by atomic mass is 10.1. The molecular weight excluding hydrogens is 306 g/mol. The molecule has 104 valence electrons. The van der Waals surface area contributed by atoms with Crippen LogP contribution in [0.25, 0.3) is 0 Å². The fourth-order valence-electron chi connectivity index (χ4n) is 2.18. The van der Waals surface area contributed by atoms with Crippen LogP contribution in [0, 0.1) is 5.92 Å². The number of carbonyl (C=O) groups is 1. The van der Waals surface area contributed by atoms with Crippen molar-refractivity contribution in [2.75, 3.05) is 6.61 Å². The SMILES string of the molecule is CCOC(=O)[C@H](N[C@@H](C)c1ccc(Br)cc1)C1CC1. The van der Waals surface area contributed by atoms with Gasteiger partial charge in [-0.05, 0) is 50.3 Å². The van der Waals surface area contributed by atoms with Gasteiger partial charge in [-0.3, -0.25) is 10.1 Å². The monoisotopic (exact) mass is 325 g/mol. The molecule has 1 aliphatic rings. The quantitative estimate of drug-likeness (QED) is 0.814. The third-order valence-electron chi connectivity index (χ3n) is 3.43. The van der Waals surface area contributed by atoms with Crippen molar-refractivity contribution in [2.45, 2.75) is 38.8 Å². The van der Waals surface area contributed by atoms with Crippen LogP contribution in [0.4, 0.5) is 0 Å². The Hall–Kier alpha value is -0.870. The Balaban J connectivity index is 2.00. The summed E-state index contributed by atoms with van der Waals surface area (Å²) < 4.78 is 6.21. The lowest BCUT2D eigenvalue weighted by Crippen LogP contribution is -2.41. The Labute approximate surface area is 122 Å². The van der Waals surface area contributed by atoms with Crippen molar-refractivity contribution >= 4 is 21.9 Å². The zero-order valence-electron chi connectivity index (χ0n) is 11.4. The van der Waals surface area contributed by atoms with Gasteiger partial charge in [-0.1, -0.05) is 28.1 Å². The third kappa shape index (κ3) is 4.05. The minimum atomic E-state index is -0.168. The summed E-state index contributed by atoms with van der Waals surface area (Å²) in [5.74, 6) is 0.325. The van der Waals surface area contributed by atoms with Crippen molar-refractivity contribution in [1.82, 2.24) is 5.32 Å². The van der Waals surface area contributed by atoms with Crippen LogP contribution in [0.1, 0.15) is 38.3 Å². The molecular formula is C15H20BrNO2. The van der Waals surface area contributed by atoms with Gasteiger partial charge >= 0.3 is 5.97 Å². The van der Waals surface area contributed by atoms with Gasteiger partial charge in [-0.25, -0.2) is 0 Å². The summed E-state index contributed by atoms with van der Waals surface area (Å²) in [6.07, 6.45) is 2.23. The van der Waals surface area contributed by atoms with E-state index in [0.29, 0.717) is 12.5 Å². The minimum absolute atomic E-state index is 0.117. The van der Waals surface area contributed by atoms with Crippen LogP contribution < -0.4 is 5.32 Å². The number of hydrogen-bond acceptors (Lipinski definition) is 3. The molecule has 4 heteroatoms. The Morgan fingerprint density at radius 1 is 1.42 bits per heavy atom. The van der Waals surface area contributed by atoms with Crippen molar-refractivity contribution in [3.05, 3.63) is 34.3 Å². The highest BCUT2D eigenvalue weighted by Crippen LogP contribution is 2.34. The molecule has 1 fully saturated rings. The summed E-state index contributed by atoms with van der Waals surface area (Å²) in [7, 11) is 0. The largest absolute Gasteiger partial charge is 0.465 e. The van der Waals surface area contributed by atoms with E-state index in [9.17, 15) is 4.79 Å². The van der Waals surface area contributed by atoms with Gasteiger partial charge in [0.1, 0.15) is 6.04 Å². The smallest absolute Gasteiger partial charge is 0.323 e. The lowest BCUT2D eigenvalue weighted by Gasteiger charge is -2.22. The van der Waals surface area contributed by atoms with E-state index in [1.165, 1.54) is 5.56 Å². The number of halogens is 1. The first-order valence-corrected chi connectivity index (χ1v) is 7.59. The highest BCUT2D eigenvalue weighted by atomic mass is 79.9. The summed E-state index contributed by atoms with van der Waals surface area (Å²) in [4.78, 5) is 12.0. The zero-order chi connectivity index (χ0) is 13.8. The summed E-state index contributed by atoms with van der Waals surface area (Å²) in [6.45, 7) is 4.37. The van der Waals surface area contributed by atoms with Gasteiger partial charge in [-0.2, -0.15) is 0 Å². The highest BCUT2D eigenvalue weighted by Gasteiger charge is 2.37. The molecule has 1 N–H and O–H groups in total. The molecule has 2 rings (SSSR count). The van der Waals surface area contributed by atoms with E-state index in [0.717, 1.165) is 17.3 Å². The van der Waals surface area contributed by atoms with Crippen LogP contribution in [-0.4, -0.2) is 18.6 Å². The molecule has 0 heterocycles. The first-order valence-electron chi connectivity index (χ1n) is 6.80. The van der Waals surface area contributed by atoms with Crippen LogP contribution >= 0.6 is 15.9 Å². The molecule has 1 aliphatic carbocycles. The van der Waals surface area contributed by atoms with Crippen molar-refractivity contribution in [3.63, 3.8) is 0 Å². The second-order valence-corrected chi connectivity index (χ2v) is 5.92. The average Bonchev–Trinajstić information content (AvgIpc) is 3.21. The minimum Gasteiger partial charge on any atom is -0.465 e. The normalized spacial score (nSPS) is 17.8. The van der Waals surface area contributed by atoms with Crippen LogP contribution in [0.3, 0.4) is 0 Å². The number of ether oxygens (including phenoxy) is 1. The van der Waals surface area contributed by atoms with E-state index in [1.807, 2.05) is 19.1 Å². The number of esters is 1. The summed E-state index contributed by atoms with van der Waals surface area (Å²) in [5.41, 5.74) is 1.18. The molecule has 1 aromatic carbocycles. The first kappa shape index (κ1) is 14.5. The average molecular weight is 326 g/mol. The molecule has 3 nitrogen and oxygen atoms in total. The van der Waals surface area contributed by atoms with Gasteiger partial charge in [0.2, 0.25) is 0 Å². The van der Waals surface area contributed by atoms with Crippen molar-refractivity contribution in [3.8, 4) is 0 Å². The topological polar surface area (TPSA) is 38.3 Å². The maximum absolute atomic E-state index is 12.0. The van der Waals surface area contributed by atoms with Gasteiger partial charge in [-0.15, -0.1) is 0 Å². The molecule has 0 saturated heterocycles. The summed E-state index contributed by atoms with van der Waals surface area (Å²) >= 11 is 3.43. The van der Waals surface area contributed by atoms with Crippen LogP contribution in [0.5, 0.6) is 0 Å². The van der Waals surface area contributed by atoms with Gasteiger partial charge < -0.3 is 4.74 Å². The molecule has 0 bridgehead atoms. The van der Waals surface area contributed by atoms with Crippen molar-refractivity contribution in [1.29, 1.82) is 0 Å². The summed E-state index contributed by atoms with van der Waals surface area (Å²) in [6, 6.07) is 8.14. The Bertz CT molecular complexity index is 428. The number of carbonyl (C=O) groups excluding carboxylic acids is 1. The second kappa shape index (κ2) is 6.53. The molecule has 19 heavy (non-hydrogen) atoms. The molecule has 1 aromatic rings. The molecule has 2 atom stereocenters. The van der Waals surface area contributed by atoms with Gasteiger partial charge in [0, 0.05) is 10.5 Å². The van der Waals surface area contributed by atoms with Crippen LogP contribution in [0.2, 0.25) is 0 Å². The van der Waals surface area contributed by atoms with Crippen LogP contribution in [-0.2, 0) is 9.53 Å². The van der Waals surface area contributed by atoms with E-state index < -0.39 is 0 Å². The number of rotatable bonds is 6. The first-order chi connectivity index (χ1) is 9.11. The third-order valence-corrected chi connectivity index (χ3v) is 3.96. The Morgan fingerprint density at radius 3 is 2.58 bits per heavy atom. The van der Waals surface area contributed by atoms with Gasteiger partial charge in [0.15, 0.2) is 0 Å². The predicted molar refractivity (Wildman–Crippen MR) is 78.8 cm³/mol. The van der Waals surface area contributed by atoms with E-state index in [4.69, 9.17) is 4.74 Å². The molecule has 0 aromatic heterocycles. The maximum atomic E-state index is 12.0. The zero-order valence-corrected chi connectivity index (χ0v) is 12.9. The maximum Gasteiger partial charge on any atom is 0.323 e. The molecule has 0 unspecified atom stereocenters. The fourth-order valence-corrected chi connectivity index (χ4v) is 2.44. The predicted octanol–water partition coefficient (Wildman–Crippen LogP) is 3.44. The summed E-state index contributed by atoms with van der Waals surface area (Å²) in [5, 5.41) is 3.41. The fraction of sp³-hybridized carbons (Fsp3) is 0.533. The lowest BCUT2D eigenvalue weighted by molar-refractivity contribution is -0.146. The standard InChI is InChI=1S/C15H20BrNO2/c1-3-19-15(18)14(12-4-5-12)17-10(2)11-6-8-13(16)9-7-11/h6-10,12,14,17H,3-5H2,1-2H3/t10-,14+/m0/s1. The Kier molecular flexibility index (Phi) is 4.99. The van der Waals surface area contributed by atoms with E-state index in [1.54, 1.807) is 0 Å². The van der Waals surface area contributed by atoms with Crippen LogP contribution in [0.15, 0.2) is 28.7 Å². The molecule has 0 radical (unpaired) electrons. The Morgan fingerprint density at radius 2 is 2.05 bits per heavy atom. The number of hydrogen-bond donors (Lipinski definition) is 1. The van der Waals surface area contributed by atoms with Gasteiger partial charge in [0.25, 0.3) is 0 Å². The van der Waals surface area contributed by atoms with E-state index >= 15 is 0 Å². The van der Waals surface area contributed by atoms with E-state index in [-0.39, 0.29) is 18.1 Å². The number of benzene rings is 1. The van der Waals surface area contributed by atoms with Gasteiger partial charge in [0.05, 0.1) is 6.61 Å². The van der Waals surface area contributed by atoms with E-state index in [2.05, 4.69) is 40.3 Å². The molecule has 0 aliphatic heterocycles. The van der Waals surface area contributed by atoms with Crippen molar-refractivity contribution < 1.29 is 9.53 Å². The second-order valence-electron chi connectivity index (χ2n) is 5.01. The molecule has 0 amide bonds. The number of nitrogens with one attached hydrogen (secondary N) is 1. The van der Waals surface area contributed by atoms with Crippen molar-refractivity contribution in [2.24, 2.45) is 5.92 Å². The molecule has 0 spiro atoms.